The van der Waals surface area contributed by atoms with Crippen molar-refractivity contribution >= 4 is 17.4 Å². The Morgan fingerprint density at radius 3 is 2.52 bits per heavy atom. The Bertz CT molecular complexity index is 1250. The Balaban J connectivity index is 1.72. The lowest BCUT2D eigenvalue weighted by Gasteiger charge is -2.09. The van der Waals surface area contributed by atoms with E-state index in [4.69, 9.17) is 13.9 Å². The molecule has 1 aromatic carbocycles. The summed E-state index contributed by atoms with van der Waals surface area (Å²) >= 11 is 0. The molecule has 0 spiro atoms. The molecule has 3 heterocycles. The first-order valence-electron chi connectivity index (χ1n) is 8.72. The molecule has 9 nitrogen and oxygen atoms in total. The number of nitrogens with zero attached hydrogens (tertiary/aromatic N) is 4. The highest BCUT2D eigenvalue weighted by Gasteiger charge is 2.36. The number of nitrogens with one attached hydrogen (secondary N) is 1. The second kappa shape index (κ2) is 7.63. The number of methoxy groups -OCH3 is 2. The molecule has 3 aromatic heterocycles. The van der Waals surface area contributed by atoms with Crippen LogP contribution in [0.3, 0.4) is 0 Å². The molecular weight excluding hydrogens is 419 g/mol. The minimum Gasteiger partial charge on any atom is -0.493 e. The molecule has 0 radical (unpaired) electrons. The topological polar surface area (TPSA) is 104 Å². The van der Waals surface area contributed by atoms with Crippen LogP contribution in [0.2, 0.25) is 0 Å². The maximum atomic E-state index is 13.6. The van der Waals surface area contributed by atoms with Gasteiger partial charge in [-0.15, -0.1) is 5.10 Å². The van der Waals surface area contributed by atoms with Gasteiger partial charge < -0.3 is 19.2 Å². The highest BCUT2D eigenvalue weighted by molar-refractivity contribution is 6.02. The van der Waals surface area contributed by atoms with E-state index < -0.39 is 29.4 Å². The maximum absolute atomic E-state index is 13.6. The van der Waals surface area contributed by atoms with Gasteiger partial charge in [-0.05, 0) is 30.3 Å². The van der Waals surface area contributed by atoms with E-state index in [9.17, 15) is 18.0 Å². The molecule has 0 fully saturated rings. The highest BCUT2D eigenvalue weighted by Crippen LogP contribution is 2.32. The number of halogens is 3. The standard InChI is InChI=1S/C19H14F3N5O4/c1-29-13-6-5-10(8-14(13)30-2)23-17(28)16-25-18-24-11(12-4-3-7-31-12)9-15(19(20,21)22)27(18)26-16/h3-9H,1-2H3,(H,23,28). The summed E-state index contributed by atoms with van der Waals surface area (Å²) in [6.07, 6.45) is -3.46. The average molecular weight is 433 g/mol. The Morgan fingerprint density at radius 1 is 1.10 bits per heavy atom. The molecule has 0 aliphatic carbocycles. The second-order valence-electron chi connectivity index (χ2n) is 6.17. The average Bonchev–Trinajstić information content (AvgIpc) is 3.41. The molecule has 31 heavy (non-hydrogen) atoms. The quantitative estimate of drug-likeness (QED) is 0.512. The van der Waals surface area contributed by atoms with E-state index >= 15 is 0 Å². The Kier molecular flexibility index (Phi) is 4.97. The van der Waals surface area contributed by atoms with Crippen molar-refractivity contribution in [2.45, 2.75) is 6.18 Å². The normalized spacial score (nSPS) is 11.5. The number of benzene rings is 1. The lowest BCUT2D eigenvalue weighted by atomic mass is 10.2. The van der Waals surface area contributed by atoms with Crippen LogP contribution >= 0.6 is 0 Å². The molecule has 1 N–H and O–H groups in total. The van der Waals surface area contributed by atoms with E-state index in [-0.39, 0.29) is 11.5 Å². The third kappa shape index (κ3) is 3.86. The van der Waals surface area contributed by atoms with Gasteiger partial charge in [-0.2, -0.15) is 22.7 Å². The Hall–Kier alpha value is -4.09. The summed E-state index contributed by atoms with van der Waals surface area (Å²) in [5.74, 6) is -0.816. The van der Waals surface area contributed by atoms with Gasteiger partial charge in [0.2, 0.25) is 5.82 Å². The number of hydrogen-bond donors (Lipinski definition) is 1. The van der Waals surface area contributed by atoms with Crippen LogP contribution in [0.5, 0.6) is 11.5 Å². The number of rotatable bonds is 5. The van der Waals surface area contributed by atoms with Crippen molar-refractivity contribution in [2.24, 2.45) is 0 Å². The van der Waals surface area contributed by atoms with Crippen molar-refractivity contribution in [3.8, 4) is 23.0 Å². The molecule has 0 bridgehead atoms. The van der Waals surface area contributed by atoms with Crippen LogP contribution in [-0.2, 0) is 6.18 Å². The summed E-state index contributed by atoms with van der Waals surface area (Å²) in [6, 6.07) is 8.33. The minimum absolute atomic E-state index is 0.0935. The van der Waals surface area contributed by atoms with Crippen LogP contribution in [0.4, 0.5) is 18.9 Å². The summed E-state index contributed by atoms with van der Waals surface area (Å²) in [6.45, 7) is 0. The van der Waals surface area contributed by atoms with Crippen molar-refractivity contribution in [3.05, 3.63) is 54.2 Å². The molecule has 1 amide bonds. The van der Waals surface area contributed by atoms with Crippen LogP contribution in [0.15, 0.2) is 47.1 Å². The number of aromatic nitrogens is 4. The van der Waals surface area contributed by atoms with Crippen molar-refractivity contribution in [1.82, 2.24) is 19.6 Å². The second-order valence-corrected chi connectivity index (χ2v) is 6.17. The zero-order valence-electron chi connectivity index (χ0n) is 16.1. The van der Waals surface area contributed by atoms with E-state index in [1.807, 2.05) is 0 Å². The van der Waals surface area contributed by atoms with Crippen LogP contribution in [0.25, 0.3) is 17.2 Å². The predicted molar refractivity (Wildman–Crippen MR) is 101 cm³/mol. The van der Waals surface area contributed by atoms with Crippen molar-refractivity contribution in [1.29, 1.82) is 0 Å². The van der Waals surface area contributed by atoms with E-state index in [0.717, 1.165) is 6.07 Å². The van der Waals surface area contributed by atoms with Gasteiger partial charge in [0.15, 0.2) is 23.0 Å². The number of ether oxygens (including phenoxy) is 2. The molecule has 0 unspecified atom stereocenters. The van der Waals surface area contributed by atoms with Gasteiger partial charge in [-0.3, -0.25) is 4.79 Å². The predicted octanol–water partition coefficient (Wildman–Crippen LogP) is 3.67. The van der Waals surface area contributed by atoms with E-state index in [0.29, 0.717) is 21.7 Å². The van der Waals surface area contributed by atoms with Gasteiger partial charge in [0.1, 0.15) is 5.69 Å². The third-order valence-electron chi connectivity index (χ3n) is 4.22. The van der Waals surface area contributed by atoms with Crippen LogP contribution < -0.4 is 14.8 Å². The molecule has 0 atom stereocenters. The maximum Gasteiger partial charge on any atom is 0.433 e. The Labute approximate surface area is 172 Å². The zero-order chi connectivity index (χ0) is 22.2. The first-order chi connectivity index (χ1) is 14.8. The molecule has 12 heteroatoms. The lowest BCUT2D eigenvalue weighted by molar-refractivity contribution is -0.142. The molecule has 0 saturated carbocycles. The van der Waals surface area contributed by atoms with Crippen LogP contribution in [0, 0.1) is 0 Å². The highest BCUT2D eigenvalue weighted by atomic mass is 19.4. The number of fused-ring (bicyclic) bond motifs is 1. The molecule has 4 rings (SSSR count). The first kappa shape index (κ1) is 20.2. The number of alkyl halides is 3. The van der Waals surface area contributed by atoms with Gasteiger partial charge in [0.05, 0.1) is 20.5 Å². The van der Waals surface area contributed by atoms with E-state index in [1.165, 1.54) is 44.7 Å². The van der Waals surface area contributed by atoms with Crippen molar-refractivity contribution < 1.29 is 31.9 Å². The van der Waals surface area contributed by atoms with Crippen molar-refractivity contribution in [3.63, 3.8) is 0 Å². The fraction of sp³-hybridized carbons (Fsp3) is 0.158. The smallest absolute Gasteiger partial charge is 0.433 e. The summed E-state index contributed by atoms with van der Waals surface area (Å²) in [4.78, 5) is 20.5. The van der Waals surface area contributed by atoms with Gasteiger partial charge in [-0.1, -0.05) is 0 Å². The number of carbonyl (C=O) groups excluding carboxylic acids is 1. The van der Waals surface area contributed by atoms with Gasteiger partial charge in [0.25, 0.3) is 11.7 Å². The summed E-state index contributed by atoms with van der Waals surface area (Å²) in [7, 11) is 2.88. The molecule has 0 aliphatic rings. The lowest BCUT2D eigenvalue weighted by Crippen LogP contribution is -2.16. The molecule has 4 aromatic rings. The summed E-state index contributed by atoms with van der Waals surface area (Å²) in [5.41, 5.74) is -0.938. The number of anilines is 1. The molecular formula is C19H14F3N5O4. The summed E-state index contributed by atoms with van der Waals surface area (Å²) < 4.78 is 56.6. The number of hydrogen-bond acceptors (Lipinski definition) is 7. The fourth-order valence-corrected chi connectivity index (χ4v) is 2.82. The summed E-state index contributed by atoms with van der Waals surface area (Å²) in [5, 5.41) is 6.20. The monoisotopic (exact) mass is 433 g/mol. The third-order valence-corrected chi connectivity index (χ3v) is 4.22. The fourth-order valence-electron chi connectivity index (χ4n) is 2.82. The van der Waals surface area contributed by atoms with Crippen LogP contribution in [0.1, 0.15) is 16.3 Å². The first-order valence-corrected chi connectivity index (χ1v) is 8.72. The van der Waals surface area contributed by atoms with E-state index in [2.05, 4.69) is 20.4 Å². The van der Waals surface area contributed by atoms with Gasteiger partial charge in [-0.25, -0.2) is 4.98 Å². The van der Waals surface area contributed by atoms with Gasteiger partial charge >= 0.3 is 6.18 Å². The zero-order valence-corrected chi connectivity index (χ0v) is 16.1. The largest absolute Gasteiger partial charge is 0.493 e. The molecule has 160 valence electrons. The number of amides is 1. The van der Waals surface area contributed by atoms with Gasteiger partial charge in [0, 0.05) is 11.8 Å². The van der Waals surface area contributed by atoms with Crippen LogP contribution in [-0.4, -0.2) is 39.7 Å². The SMILES string of the molecule is COc1ccc(NC(=O)c2nc3nc(-c4ccco4)cc(C(F)(F)F)n3n2)cc1OC. The number of furan rings is 1. The van der Waals surface area contributed by atoms with Crippen molar-refractivity contribution in [2.75, 3.05) is 19.5 Å². The molecule has 0 aliphatic heterocycles. The molecule has 0 saturated heterocycles. The number of carbonyl (C=O) groups is 1. The Morgan fingerprint density at radius 2 is 1.87 bits per heavy atom. The van der Waals surface area contributed by atoms with E-state index in [1.54, 1.807) is 6.07 Å². The minimum atomic E-state index is -4.77.